The highest BCUT2D eigenvalue weighted by atomic mass is 14.9. The van der Waals surface area contributed by atoms with Crippen LogP contribution in [-0.2, 0) is 0 Å². The lowest BCUT2D eigenvalue weighted by Crippen LogP contribution is -2.18. The average Bonchev–Trinajstić information content (AvgIpc) is 2.57. The summed E-state index contributed by atoms with van der Waals surface area (Å²) in [5, 5.41) is 6.68. The number of anilines is 1. The van der Waals surface area contributed by atoms with Crippen LogP contribution in [-0.4, -0.2) is 19.6 Å². The Morgan fingerprint density at radius 1 is 1.29 bits per heavy atom. The highest BCUT2D eigenvalue weighted by molar-refractivity contribution is 5.48. The Hall–Kier alpha value is -1.74. The van der Waals surface area contributed by atoms with Gasteiger partial charge in [-0.05, 0) is 61.8 Å². The molecule has 3 nitrogen and oxygen atoms in total. The van der Waals surface area contributed by atoms with E-state index in [-0.39, 0.29) is 6.04 Å². The van der Waals surface area contributed by atoms with Gasteiger partial charge in [-0.15, -0.1) is 6.58 Å². The Morgan fingerprint density at radius 2 is 2.04 bits per heavy atom. The van der Waals surface area contributed by atoms with Crippen LogP contribution in [0.25, 0.3) is 0 Å². The standard InChI is InChI=1S/C21H35N3/c1-6-20(11-10-17(4)23-5)24-21-9-7-8-18(15-21)19(12-13-22)14-16(2)3/h6-9,15-16,19-20,23-24H,1,4,10-14,22H2,2-3,5H3. The largest absolute Gasteiger partial charge is 0.392 e. The molecule has 0 amide bonds. The molecular weight excluding hydrogens is 294 g/mol. The second-order valence-corrected chi connectivity index (χ2v) is 6.91. The molecule has 2 atom stereocenters. The van der Waals surface area contributed by atoms with Gasteiger partial charge >= 0.3 is 0 Å². The van der Waals surface area contributed by atoms with Gasteiger partial charge in [-0.2, -0.15) is 0 Å². The van der Waals surface area contributed by atoms with Crippen molar-refractivity contribution in [2.75, 3.05) is 18.9 Å². The first-order valence-corrected chi connectivity index (χ1v) is 9.04. The summed E-state index contributed by atoms with van der Waals surface area (Å²) < 4.78 is 0. The van der Waals surface area contributed by atoms with Crippen molar-refractivity contribution in [1.82, 2.24) is 5.32 Å². The predicted molar refractivity (Wildman–Crippen MR) is 107 cm³/mol. The van der Waals surface area contributed by atoms with Gasteiger partial charge in [-0.25, -0.2) is 0 Å². The van der Waals surface area contributed by atoms with E-state index >= 15 is 0 Å². The average molecular weight is 330 g/mol. The maximum atomic E-state index is 5.82. The molecule has 4 N–H and O–H groups in total. The minimum atomic E-state index is 0.239. The van der Waals surface area contributed by atoms with Gasteiger partial charge in [0.2, 0.25) is 0 Å². The van der Waals surface area contributed by atoms with E-state index in [0.717, 1.165) is 37.2 Å². The van der Waals surface area contributed by atoms with Crippen molar-refractivity contribution in [3.63, 3.8) is 0 Å². The Bertz CT molecular complexity index is 508. The molecule has 0 saturated heterocycles. The number of rotatable bonds is 12. The van der Waals surface area contributed by atoms with Crippen LogP contribution in [0.4, 0.5) is 5.69 Å². The van der Waals surface area contributed by atoms with Crippen LogP contribution in [0.3, 0.4) is 0 Å². The van der Waals surface area contributed by atoms with Gasteiger partial charge in [0.1, 0.15) is 0 Å². The van der Waals surface area contributed by atoms with Crippen molar-refractivity contribution in [3.8, 4) is 0 Å². The summed E-state index contributed by atoms with van der Waals surface area (Å²) in [5.74, 6) is 1.20. The topological polar surface area (TPSA) is 50.1 Å². The van der Waals surface area contributed by atoms with Crippen LogP contribution in [0, 0.1) is 5.92 Å². The van der Waals surface area contributed by atoms with Gasteiger partial charge in [0.25, 0.3) is 0 Å². The van der Waals surface area contributed by atoms with Gasteiger partial charge in [0.05, 0.1) is 0 Å². The molecule has 0 aliphatic rings. The summed E-state index contributed by atoms with van der Waals surface area (Å²) in [4.78, 5) is 0. The highest BCUT2D eigenvalue weighted by Gasteiger charge is 2.14. The fourth-order valence-corrected chi connectivity index (χ4v) is 2.99. The quantitative estimate of drug-likeness (QED) is 0.489. The molecule has 0 aliphatic carbocycles. The van der Waals surface area contributed by atoms with Gasteiger partial charge < -0.3 is 16.4 Å². The van der Waals surface area contributed by atoms with Crippen molar-refractivity contribution in [2.24, 2.45) is 11.7 Å². The number of nitrogens with one attached hydrogen (secondary N) is 2. The predicted octanol–water partition coefficient (Wildman–Crippen LogP) is 4.64. The Morgan fingerprint density at radius 3 is 2.62 bits per heavy atom. The molecule has 0 aromatic heterocycles. The van der Waals surface area contributed by atoms with Crippen molar-refractivity contribution < 1.29 is 0 Å². The zero-order valence-electron chi connectivity index (χ0n) is 15.6. The smallest absolute Gasteiger partial charge is 0.0445 e. The van der Waals surface area contributed by atoms with Crippen LogP contribution in [0.2, 0.25) is 0 Å². The second-order valence-electron chi connectivity index (χ2n) is 6.91. The van der Waals surface area contributed by atoms with Crippen LogP contribution in [0.5, 0.6) is 0 Å². The van der Waals surface area contributed by atoms with E-state index in [1.807, 2.05) is 13.1 Å². The zero-order chi connectivity index (χ0) is 17.9. The van der Waals surface area contributed by atoms with E-state index in [9.17, 15) is 0 Å². The molecule has 24 heavy (non-hydrogen) atoms. The van der Waals surface area contributed by atoms with E-state index in [0.29, 0.717) is 11.8 Å². The van der Waals surface area contributed by atoms with Crippen molar-refractivity contribution in [1.29, 1.82) is 0 Å². The number of hydrogen-bond donors (Lipinski definition) is 3. The third-order valence-electron chi connectivity index (χ3n) is 4.38. The molecular formula is C21H35N3. The fourth-order valence-electron chi connectivity index (χ4n) is 2.99. The third kappa shape index (κ3) is 7.22. The number of hydrogen-bond acceptors (Lipinski definition) is 3. The summed E-state index contributed by atoms with van der Waals surface area (Å²) in [5.41, 5.74) is 9.40. The van der Waals surface area contributed by atoms with E-state index in [1.54, 1.807) is 0 Å². The molecule has 0 heterocycles. The van der Waals surface area contributed by atoms with Crippen LogP contribution < -0.4 is 16.4 Å². The maximum Gasteiger partial charge on any atom is 0.0445 e. The summed E-state index contributed by atoms with van der Waals surface area (Å²) in [6, 6.07) is 8.99. The number of allylic oxidation sites excluding steroid dienone is 1. The zero-order valence-corrected chi connectivity index (χ0v) is 15.6. The van der Waals surface area contributed by atoms with Crippen LogP contribution in [0.15, 0.2) is 49.2 Å². The molecule has 2 unspecified atom stereocenters. The SMILES string of the molecule is C=CC(CCC(=C)NC)Nc1cccc(C(CCN)CC(C)C)c1. The minimum Gasteiger partial charge on any atom is -0.392 e. The summed E-state index contributed by atoms with van der Waals surface area (Å²) in [7, 11) is 1.91. The monoisotopic (exact) mass is 329 g/mol. The first kappa shape index (κ1) is 20.3. The van der Waals surface area contributed by atoms with Crippen LogP contribution >= 0.6 is 0 Å². The molecule has 0 spiro atoms. The van der Waals surface area contributed by atoms with E-state index in [4.69, 9.17) is 5.73 Å². The molecule has 3 heteroatoms. The number of benzene rings is 1. The van der Waals surface area contributed by atoms with Gasteiger partial charge in [0, 0.05) is 24.5 Å². The summed E-state index contributed by atoms with van der Waals surface area (Å²) in [6.07, 6.45) is 6.10. The summed E-state index contributed by atoms with van der Waals surface area (Å²) >= 11 is 0. The van der Waals surface area contributed by atoms with E-state index in [1.165, 1.54) is 12.0 Å². The number of nitrogens with two attached hydrogens (primary N) is 1. The van der Waals surface area contributed by atoms with Gasteiger partial charge in [-0.1, -0.05) is 38.6 Å². The Labute approximate surface area is 148 Å². The highest BCUT2D eigenvalue weighted by Crippen LogP contribution is 2.28. The lowest BCUT2D eigenvalue weighted by Gasteiger charge is -2.21. The summed E-state index contributed by atoms with van der Waals surface area (Å²) in [6.45, 7) is 13.2. The molecule has 0 fully saturated rings. The van der Waals surface area contributed by atoms with Gasteiger partial charge in [-0.3, -0.25) is 0 Å². The normalized spacial score (nSPS) is 13.4. The fraction of sp³-hybridized carbons (Fsp3) is 0.524. The third-order valence-corrected chi connectivity index (χ3v) is 4.38. The second kappa shape index (κ2) is 10.9. The molecule has 1 aromatic rings. The molecule has 0 bridgehead atoms. The first-order valence-electron chi connectivity index (χ1n) is 9.04. The lowest BCUT2D eigenvalue weighted by atomic mass is 9.87. The molecule has 134 valence electrons. The minimum absolute atomic E-state index is 0.239. The molecule has 0 saturated carbocycles. The van der Waals surface area contributed by atoms with Crippen molar-refractivity contribution >= 4 is 5.69 Å². The molecule has 0 aliphatic heterocycles. The Kier molecular flexibility index (Phi) is 9.24. The van der Waals surface area contributed by atoms with Crippen molar-refractivity contribution in [2.45, 2.75) is 51.5 Å². The lowest BCUT2D eigenvalue weighted by molar-refractivity contribution is 0.480. The first-order chi connectivity index (χ1) is 11.5. The molecule has 0 radical (unpaired) electrons. The van der Waals surface area contributed by atoms with Crippen molar-refractivity contribution in [3.05, 3.63) is 54.8 Å². The molecule has 1 aromatic carbocycles. The van der Waals surface area contributed by atoms with E-state index in [2.05, 4.69) is 61.9 Å². The maximum absolute atomic E-state index is 5.82. The molecule has 1 rings (SSSR count). The van der Waals surface area contributed by atoms with Crippen LogP contribution in [0.1, 0.15) is 51.0 Å². The van der Waals surface area contributed by atoms with Gasteiger partial charge in [0.15, 0.2) is 0 Å². The van der Waals surface area contributed by atoms with E-state index < -0.39 is 0 Å². The Balaban J connectivity index is 2.78.